The number of benzene rings is 2. The monoisotopic (exact) mass is 251 g/mol. The number of hydrogen-bond acceptors (Lipinski definition) is 2. The fourth-order valence-corrected chi connectivity index (χ4v) is 2.21. The van der Waals surface area contributed by atoms with Crippen molar-refractivity contribution in [3.63, 3.8) is 0 Å². The predicted molar refractivity (Wildman–Crippen MR) is 78.7 cm³/mol. The molecule has 0 aliphatic heterocycles. The van der Waals surface area contributed by atoms with Crippen LogP contribution in [0.4, 0.5) is 0 Å². The van der Waals surface area contributed by atoms with E-state index in [0.29, 0.717) is 0 Å². The quantitative estimate of drug-likeness (QED) is 0.733. The summed E-state index contributed by atoms with van der Waals surface area (Å²) in [5, 5.41) is 8.16. The Morgan fingerprint density at radius 3 is 2.37 bits per heavy atom. The highest BCUT2D eigenvalue weighted by Crippen LogP contribution is 2.25. The Hall–Kier alpha value is -2.13. The first-order valence-electron chi connectivity index (χ1n) is 6.37. The lowest BCUT2D eigenvalue weighted by Gasteiger charge is -2.19. The van der Waals surface area contributed by atoms with Crippen LogP contribution in [0.2, 0.25) is 0 Å². The zero-order valence-corrected chi connectivity index (χ0v) is 11.1. The van der Waals surface area contributed by atoms with Gasteiger partial charge in [-0.05, 0) is 36.6 Å². The van der Waals surface area contributed by atoms with Crippen molar-refractivity contribution in [2.24, 2.45) is 5.73 Å². The Balaban J connectivity index is 2.01. The van der Waals surface area contributed by atoms with Crippen LogP contribution in [0, 0.1) is 0 Å². The van der Waals surface area contributed by atoms with Crippen molar-refractivity contribution in [3.8, 4) is 11.1 Å². The summed E-state index contributed by atoms with van der Waals surface area (Å²) in [6.07, 6.45) is 1.83. The van der Waals surface area contributed by atoms with E-state index < -0.39 is 0 Å². The summed E-state index contributed by atoms with van der Waals surface area (Å²) >= 11 is 0. The van der Waals surface area contributed by atoms with E-state index in [4.69, 9.17) is 5.73 Å². The molecule has 0 spiro atoms. The van der Waals surface area contributed by atoms with Gasteiger partial charge in [0, 0.05) is 10.9 Å². The van der Waals surface area contributed by atoms with Gasteiger partial charge in [0.05, 0.1) is 11.7 Å². The average molecular weight is 251 g/mol. The van der Waals surface area contributed by atoms with Crippen LogP contribution in [-0.2, 0) is 5.54 Å². The molecule has 0 saturated heterocycles. The number of nitrogens with zero attached hydrogens (tertiary/aromatic N) is 1. The molecule has 3 nitrogen and oxygen atoms in total. The molecule has 1 aromatic heterocycles. The minimum Gasteiger partial charge on any atom is -0.322 e. The number of rotatable bonds is 2. The zero-order valence-electron chi connectivity index (χ0n) is 11.1. The topological polar surface area (TPSA) is 54.7 Å². The third-order valence-electron chi connectivity index (χ3n) is 3.40. The van der Waals surface area contributed by atoms with E-state index in [0.717, 1.165) is 16.5 Å². The number of nitrogens with two attached hydrogens (primary N) is 1. The summed E-state index contributed by atoms with van der Waals surface area (Å²) in [6, 6.07) is 14.7. The van der Waals surface area contributed by atoms with Gasteiger partial charge in [0.15, 0.2) is 0 Å². The molecular weight excluding hydrogens is 234 g/mol. The number of H-pyrrole nitrogens is 1. The fourth-order valence-electron chi connectivity index (χ4n) is 2.21. The molecule has 0 fully saturated rings. The van der Waals surface area contributed by atoms with Gasteiger partial charge in [-0.15, -0.1) is 0 Å². The summed E-state index contributed by atoms with van der Waals surface area (Å²) in [7, 11) is 0. The summed E-state index contributed by atoms with van der Waals surface area (Å²) in [4.78, 5) is 0. The number of aromatic amines is 1. The van der Waals surface area contributed by atoms with Crippen LogP contribution in [0.15, 0.2) is 48.7 Å². The minimum atomic E-state index is -0.300. The highest BCUT2D eigenvalue weighted by Gasteiger charge is 2.13. The van der Waals surface area contributed by atoms with Crippen molar-refractivity contribution in [1.29, 1.82) is 0 Å². The van der Waals surface area contributed by atoms with Crippen molar-refractivity contribution in [2.45, 2.75) is 19.4 Å². The molecule has 19 heavy (non-hydrogen) atoms. The molecular formula is C16H17N3. The Labute approximate surface area is 112 Å². The second-order valence-corrected chi connectivity index (χ2v) is 5.47. The van der Waals surface area contributed by atoms with Gasteiger partial charge in [-0.3, -0.25) is 5.10 Å². The predicted octanol–water partition coefficient (Wildman–Crippen LogP) is 3.42. The summed E-state index contributed by atoms with van der Waals surface area (Å²) < 4.78 is 0. The van der Waals surface area contributed by atoms with E-state index in [-0.39, 0.29) is 5.54 Å². The van der Waals surface area contributed by atoms with Gasteiger partial charge in [0.2, 0.25) is 0 Å². The maximum absolute atomic E-state index is 6.09. The van der Waals surface area contributed by atoms with Crippen LogP contribution < -0.4 is 5.73 Å². The maximum Gasteiger partial charge on any atom is 0.0656 e. The number of aromatic nitrogens is 2. The van der Waals surface area contributed by atoms with Crippen molar-refractivity contribution in [2.75, 3.05) is 0 Å². The van der Waals surface area contributed by atoms with E-state index in [9.17, 15) is 0 Å². The Kier molecular flexibility index (Phi) is 2.64. The molecule has 3 aromatic rings. The van der Waals surface area contributed by atoms with Crippen LogP contribution in [0.3, 0.4) is 0 Å². The van der Waals surface area contributed by atoms with E-state index >= 15 is 0 Å². The Morgan fingerprint density at radius 1 is 1.00 bits per heavy atom. The van der Waals surface area contributed by atoms with Crippen molar-refractivity contribution in [3.05, 3.63) is 54.2 Å². The van der Waals surface area contributed by atoms with E-state index in [1.807, 2.05) is 20.0 Å². The molecule has 96 valence electrons. The van der Waals surface area contributed by atoms with E-state index in [1.54, 1.807) is 0 Å². The number of hydrogen-bond donors (Lipinski definition) is 2. The summed E-state index contributed by atoms with van der Waals surface area (Å²) in [5.41, 5.74) is 10.4. The Morgan fingerprint density at radius 2 is 1.68 bits per heavy atom. The van der Waals surface area contributed by atoms with E-state index in [1.165, 1.54) is 11.1 Å². The molecule has 0 amide bonds. The van der Waals surface area contributed by atoms with Crippen LogP contribution in [0.25, 0.3) is 22.0 Å². The third-order valence-corrected chi connectivity index (χ3v) is 3.40. The van der Waals surface area contributed by atoms with Crippen LogP contribution in [0.1, 0.15) is 19.4 Å². The fraction of sp³-hybridized carbons (Fsp3) is 0.188. The van der Waals surface area contributed by atoms with Gasteiger partial charge in [-0.25, -0.2) is 0 Å². The highest BCUT2D eigenvalue weighted by molar-refractivity contribution is 5.83. The first-order chi connectivity index (χ1) is 9.04. The van der Waals surface area contributed by atoms with Gasteiger partial charge in [-0.1, -0.05) is 36.4 Å². The lowest BCUT2D eigenvalue weighted by molar-refractivity contribution is 0.554. The van der Waals surface area contributed by atoms with E-state index in [2.05, 4.69) is 52.7 Å². The first-order valence-corrected chi connectivity index (χ1v) is 6.37. The van der Waals surface area contributed by atoms with Crippen LogP contribution in [0.5, 0.6) is 0 Å². The molecule has 0 saturated carbocycles. The lowest BCUT2D eigenvalue weighted by Crippen LogP contribution is -2.28. The van der Waals surface area contributed by atoms with Gasteiger partial charge in [-0.2, -0.15) is 5.10 Å². The van der Waals surface area contributed by atoms with Gasteiger partial charge in [0.1, 0.15) is 0 Å². The first kappa shape index (κ1) is 11.9. The second-order valence-electron chi connectivity index (χ2n) is 5.47. The highest BCUT2D eigenvalue weighted by atomic mass is 15.1. The lowest BCUT2D eigenvalue weighted by atomic mass is 9.93. The second kappa shape index (κ2) is 4.21. The molecule has 0 bridgehead atoms. The van der Waals surface area contributed by atoms with Gasteiger partial charge < -0.3 is 5.73 Å². The standard InChI is InChI=1S/C16H17N3/c1-16(2,17)14-7-5-11(6-8-14)12-3-4-13-10-18-19-15(13)9-12/h3-10H,17H2,1-2H3,(H,18,19). The molecule has 3 heteroatoms. The third kappa shape index (κ3) is 2.25. The Bertz CT molecular complexity index is 703. The zero-order chi connectivity index (χ0) is 13.5. The van der Waals surface area contributed by atoms with Crippen LogP contribution >= 0.6 is 0 Å². The molecule has 1 heterocycles. The number of fused-ring (bicyclic) bond motifs is 1. The smallest absolute Gasteiger partial charge is 0.0656 e. The van der Waals surface area contributed by atoms with Crippen molar-refractivity contribution in [1.82, 2.24) is 10.2 Å². The van der Waals surface area contributed by atoms with Crippen LogP contribution in [-0.4, -0.2) is 10.2 Å². The molecule has 3 N–H and O–H groups in total. The largest absolute Gasteiger partial charge is 0.322 e. The molecule has 2 aromatic carbocycles. The molecule has 0 aliphatic rings. The molecule has 0 radical (unpaired) electrons. The molecule has 3 rings (SSSR count). The molecule has 0 atom stereocenters. The number of nitrogens with one attached hydrogen (secondary N) is 1. The van der Waals surface area contributed by atoms with Crippen molar-refractivity contribution >= 4 is 10.9 Å². The molecule has 0 unspecified atom stereocenters. The average Bonchev–Trinajstić information content (AvgIpc) is 2.85. The minimum absolute atomic E-state index is 0.300. The van der Waals surface area contributed by atoms with Crippen molar-refractivity contribution < 1.29 is 0 Å². The van der Waals surface area contributed by atoms with Gasteiger partial charge in [0.25, 0.3) is 0 Å². The molecule has 0 aliphatic carbocycles. The normalized spacial score (nSPS) is 11.9. The maximum atomic E-state index is 6.09. The van der Waals surface area contributed by atoms with Gasteiger partial charge >= 0.3 is 0 Å². The summed E-state index contributed by atoms with van der Waals surface area (Å²) in [5.74, 6) is 0. The SMILES string of the molecule is CC(C)(N)c1ccc(-c2ccc3cn[nH]c3c2)cc1. The summed E-state index contributed by atoms with van der Waals surface area (Å²) in [6.45, 7) is 4.03.